The molecule has 37 nitrogen and oxygen atoms in total. The molecule has 21 atom stereocenters. The van der Waals surface area contributed by atoms with Crippen molar-refractivity contribution in [3.63, 3.8) is 0 Å². The predicted octanol–water partition coefficient (Wildman–Crippen LogP) is 12.8. The van der Waals surface area contributed by atoms with Crippen molar-refractivity contribution in [3.8, 4) is 34.5 Å². The lowest BCUT2D eigenvalue weighted by atomic mass is 9.43. The number of Topliss-reactive ketones (excluding diaryl/α,β-unsaturated/α-hetero) is 3. The number of hydrogen-bond donors (Lipinski definition) is 13. The van der Waals surface area contributed by atoms with Crippen molar-refractivity contribution in [2.24, 2.45) is 104 Å². The molecule has 828 valence electrons. The molecule has 0 radical (unpaired) electrons. The summed E-state index contributed by atoms with van der Waals surface area (Å²) in [5.41, 5.74) is 19.9. The summed E-state index contributed by atoms with van der Waals surface area (Å²) in [5, 5.41) is 74.5. The number of phenols is 3. The summed E-state index contributed by atoms with van der Waals surface area (Å²) < 4.78 is 66.4. The summed E-state index contributed by atoms with van der Waals surface area (Å²) in [5.74, 6) is -4.91. The van der Waals surface area contributed by atoms with Crippen molar-refractivity contribution >= 4 is 82.1 Å². The number of aromatic hydroxyl groups is 3. The van der Waals surface area contributed by atoms with Crippen LogP contribution in [0.1, 0.15) is 317 Å². The number of ketones is 3. The maximum Gasteiger partial charge on any atom is 0.323 e. The second kappa shape index (κ2) is 56.1. The number of amides is 6. The normalized spacial score (nSPS) is 27.1. The molecule has 3 aromatic rings. The van der Waals surface area contributed by atoms with Crippen LogP contribution < -0.4 is 53.1 Å². The van der Waals surface area contributed by atoms with Crippen molar-refractivity contribution in [1.82, 2.24) is 5.32 Å². The third kappa shape index (κ3) is 31.3. The third-order valence-corrected chi connectivity index (χ3v) is 34.3. The van der Waals surface area contributed by atoms with Crippen LogP contribution in [-0.2, 0) is 92.2 Å². The Kier molecular flexibility index (Phi) is 45.5. The topological polar surface area (TPSA) is 577 Å². The van der Waals surface area contributed by atoms with Gasteiger partial charge in [0.05, 0.1) is 109 Å². The molecule has 0 aliphatic heterocycles. The zero-order valence-electron chi connectivity index (χ0n) is 89.1. The first-order valence-electron chi connectivity index (χ1n) is 53.9. The summed E-state index contributed by atoms with van der Waals surface area (Å²) in [7, 11) is 3.96. The Labute approximate surface area is 871 Å². The number of rotatable bonds is 60. The lowest BCUT2D eigenvalue weighted by Gasteiger charge is -2.63. The fourth-order valence-corrected chi connectivity index (χ4v) is 27.0. The number of carbonyl (C=O) groups is 12. The van der Waals surface area contributed by atoms with E-state index in [4.69, 9.17) is 79.8 Å². The summed E-state index contributed by atoms with van der Waals surface area (Å²) in [6, 6.07) is 7.37. The number of unbranched alkanes of at least 4 members (excludes halogenated alkanes) is 6. The van der Waals surface area contributed by atoms with Gasteiger partial charge < -0.3 is 126 Å². The average molecular weight is 2080 g/mol. The van der Waals surface area contributed by atoms with Crippen LogP contribution in [0.4, 0.5) is 11.4 Å². The van der Waals surface area contributed by atoms with Crippen LogP contribution in [0.25, 0.3) is 0 Å². The number of ether oxygens (including phenoxy) is 12. The number of nitrogens with two attached hydrogens (primary N) is 4. The van der Waals surface area contributed by atoms with E-state index in [1.54, 1.807) is 0 Å². The number of carbonyl (C=O) groups excluding carboxylic acids is 12. The van der Waals surface area contributed by atoms with Crippen molar-refractivity contribution < 1.29 is 145 Å². The molecule has 0 aromatic heterocycles. The van der Waals surface area contributed by atoms with E-state index in [1.807, 2.05) is 6.92 Å². The Morgan fingerprint density at radius 2 is 0.845 bits per heavy atom. The minimum Gasteiger partial charge on any atom is -0.507 e. The molecule has 0 saturated heterocycles. The van der Waals surface area contributed by atoms with Gasteiger partial charge in [-0.2, -0.15) is 0 Å². The van der Waals surface area contributed by atoms with Gasteiger partial charge in [0.25, 0.3) is 17.7 Å². The van der Waals surface area contributed by atoms with Gasteiger partial charge >= 0.3 is 17.9 Å². The highest BCUT2D eigenvalue weighted by atomic mass is 16.6. The molecule has 0 bridgehead atoms. The van der Waals surface area contributed by atoms with E-state index in [0.717, 1.165) is 116 Å². The number of anilines is 2. The molecule has 0 heterocycles. The van der Waals surface area contributed by atoms with E-state index in [0.29, 0.717) is 74.5 Å². The molecule has 37 heteroatoms. The van der Waals surface area contributed by atoms with E-state index in [9.17, 15) is 88.2 Å². The smallest absolute Gasteiger partial charge is 0.323 e. The predicted molar refractivity (Wildman–Crippen MR) is 549 cm³/mol. The highest BCUT2D eigenvalue weighted by Gasteiger charge is 2.67. The summed E-state index contributed by atoms with van der Waals surface area (Å²) >= 11 is 0. The van der Waals surface area contributed by atoms with Crippen LogP contribution in [0.5, 0.6) is 34.5 Å². The number of benzene rings is 3. The van der Waals surface area contributed by atoms with Crippen LogP contribution in [-0.4, -0.2) is 250 Å². The molecular weight excluding hydrogens is 1910 g/mol. The molecule has 8 fully saturated rings. The second-order valence-electron chi connectivity index (χ2n) is 44.0. The number of primary amides is 3. The van der Waals surface area contributed by atoms with Crippen LogP contribution in [0.3, 0.4) is 0 Å². The molecule has 0 unspecified atom stereocenters. The first kappa shape index (κ1) is 120. The van der Waals surface area contributed by atoms with E-state index in [1.165, 1.54) is 77.0 Å². The van der Waals surface area contributed by atoms with Gasteiger partial charge in [-0.25, -0.2) is 0 Å². The van der Waals surface area contributed by atoms with Gasteiger partial charge in [-0.15, -0.1) is 0 Å². The van der Waals surface area contributed by atoms with E-state index in [2.05, 4.69) is 64.4 Å². The zero-order chi connectivity index (χ0) is 108. The molecule has 148 heavy (non-hydrogen) atoms. The number of fused-ring (bicyclic) bond motifs is 10. The number of esters is 3. The van der Waals surface area contributed by atoms with Gasteiger partial charge in [0, 0.05) is 69.8 Å². The number of hydrogen-bond acceptors (Lipinski definition) is 31. The fourth-order valence-electron chi connectivity index (χ4n) is 27.0. The lowest BCUT2D eigenvalue weighted by molar-refractivity contribution is -0.201. The standard InChI is InChI=1S/C65H96N4O19.C46H73N3O11/c1-7-8-9-10-25-65(4,80)52-19-15-45-44-37-51(88-56(75)22-20-53(72)68-28-30-84-32-33-85-38-42(71)35-40-13-17-49(81-5)57(59(40)76)61(66)78)47-36-43(23-26-63(47,2)46(44)24-27-64(45,52)3)87-55(74)21-14-41(70)12-11-29-83-31-34-86-39-54(73)69-48-16-18-50(82-6)58(60(48)77)62(67)79;1-6-7-8-9-18-46(4,56)38-15-12-31-30-26-36(51)33-25-29(16-19-44(33,2)32(30)17-20-45(31,38)3)60-43(55)34(47)24-28(50)11-10-21-58-22-23-59-27-39(52)49-35-13-14-37(57-5)40(41(35)53)42(48)54/h13,16-18,43-47,51-52,76-77,80H,7-12,14-15,19-39H2,1-6H3,(H2,66,78)(H2,67,79)(H,68,72)(H,69,73);13-14,29-34,36,38,51,53,56H,6-12,15-27,47H2,1-5H3,(H2,48,54)(H,49,52)/t43-,44-,45-,46-,47+,51-,52-,63+,64-,65-;29-,30-,31-,32-,33+,34-,36-,38-,44+,45-,46-/m00/s1. The van der Waals surface area contributed by atoms with Crippen LogP contribution in [0.15, 0.2) is 36.4 Å². The fraction of sp³-hybridized carbons (Fsp3) is 0.730. The van der Waals surface area contributed by atoms with Crippen LogP contribution in [0.2, 0.25) is 0 Å². The largest absolute Gasteiger partial charge is 0.507 e. The Balaban J connectivity index is 0.000000325. The number of aliphatic hydroxyl groups is 3. The van der Waals surface area contributed by atoms with E-state index < -0.39 is 100 Å². The van der Waals surface area contributed by atoms with Gasteiger partial charge in [-0.3, -0.25) is 57.5 Å². The van der Waals surface area contributed by atoms with E-state index >= 15 is 0 Å². The van der Waals surface area contributed by atoms with Gasteiger partial charge in [0.1, 0.15) is 95.4 Å². The van der Waals surface area contributed by atoms with Crippen molar-refractivity contribution in [2.75, 3.05) is 118 Å². The minimum absolute atomic E-state index is 0.0100. The number of methoxy groups -OCH3 is 3. The highest BCUT2D eigenvalue weighted by Crippen LogP contribution is 2.72. The molecule has 3 aromatic carbocycles. The van der Waals surface area contributed by atoms with Crippen LogP contribution in [0, 0.1) is 80.8 Å². The molecule has 0 spiro atoms. The molecular formula is C111H169N7O30. The van der Waals surface area contributed by atoms with Crippen molar-refractivity contribution in [3.05, 3.63) is 58.7 Å². The molecule has 6 amide bonds. The number of nitrogens with one attached hydrogen (secondary N) is 3. The Morgan fingerprint density at radius 3 is 1.34 bits per heavy atom. The van der Waals surface area contributed by atoms with Crippen molar-refractivity contribution in [1.29, 1.82) is 0 Å². The molecule has 8 aliphatic carbocycles. The van der Waals surface area contributed by atoms with Crippen LogP contribution >= 0.6 is 0 Å². The third-order valence-electron chi connectivity index (χ3n) is 34.3. The van der Waals surface area contributed by atoms with E-state index in [-0.39, 0.29) is 269 Å². The zero-order valence-corrected chi connectivity index (χ0v) is 89.1. The second-order valence-corrected chi connectivity index (χ2v) is 44.0. The highest BCUT2D eigenvalue weighted by molar-refractivity contribution is 6.04. The molecule has 17 N–H and O–H groups in total. The molecule has 8 aliphatic rings. The minimum atomic E-state index is -1.07. The Morgan fingerprint density at radius 1 is 0.419 bits per heavy atom. The SMILES string of the molecule is CCCCCC[C@](C)(O)[C@H]1CC[C@H]2[C@@H]3C[C@H](O)[C@H]4C[C@@H](OC(=O)[C@@H](N)CC(=O)CCCOCCOCC(=O)Nc5ccc(OC)c(C(N)=O)c5O)CC[C@]4(C)[C@H]3CC[C@@]21C.CCCCCC[C@](C)(O)[C@H]1CC[C@H]2[C@@H]3C[C@H](OC(=O)CCC(=O)NCCOCCOCC(=O)Cc4ccc(OC)c(C(N)=O)c4O)[C@H]4C[C@@H](OC(=O)CCC(=O)CCCOCCOCC(=O)Nc5ccc(OC)c(C(N)=O)c5O)CC[C@]4(C)[C@H]3CC[C@@]21C. The maximum absolute atomic E-state index is 13.9. The maximum atomic E-state index is 13.9. The Hall–Kier alpha value is -9.70. The quantitative estimate of drug-likeness (QED) is 0.0108. The van der Waals surface area contributed by atoms with Gasteiger partial charge in [0.15, 0.2) is 17.3 Å². The summed E-state index contributed by atoms with van der Waals surface area (Å²) in [6.07, 6.45) is 23.3. The van der Waals surface area contributed by atoms with Crippen molar-refractivity contribution in [2.45, 2.75) is 328 Å². The van der Waals surface area contributed by atoms with Gasteiger partial charge in [0.2, 0.25) is 17.7 Å². The first-order valence-corrected chi connectivity index (χ1v) is 53.9. The molecule has 11 rings (SSSR count). The number of aliphatic hydroxyl groups excluding tert-OH is 1. The monoisotopic (exact) mass is 2080 g/mol. The lowest BCUT2D eigenvalue weighted by Crippen LogP contribution is -2.60. The summed E-state index contributed by atoms with van der Waals surface area (Å²) in [6.45, 7) is 18.6. The first-order chi connectivity index (χ1) is 70.4. The molecule has 8 saturated carbocycles. The average Bonchev–Trinajstić information content (AvgIpc) is 1.51. The Bertz CT molecular complexity index is 4970. The van der Waals surface area contributed by atoms with Gasteiger partial charge in [-0.05, 0) is 248 Å². The van der Waals surface area contributed by atoms with Gasteiger partial charge in [-0.1, -0.05) is 99.0 Å². The summed E-state index contributed by atoms with van der Waals surface area (Å²) in [4.78, 5) is 151.